The molecule has 0 saturated carbocycles. The molecule has 1 N–H and O–H groups in total. The Morgan fingerprint density at radius 2 is 1.92 bits per heavy atom. The van der Waals surface area contributed by atoms with Crippen LogP contribution in [-0.4, -0.2) is 5.11 Å². The summed E-state index contributed by atoms with van der Waals surface area (Å²) in [5.74, 6) is 0. The molecule has 1 atom stereocenters. The average Bonchev–Trinajstić information content (AvgIpc) is 2.15. The van der Waals surface area contributed by atoms with Gasteiger partial charge in [-0.1, -0.05) is 55.1 Å². The Morgan fingerprint density at radius 1 is 1.25 bits per heavy atom. The molecule has 12 heavy (non-hydrogen) atoms. The maximum atomic E-state index is 9.52. The van der Waals surface area contributed by atoms with Crippen LogP contribution < -0.4 is 0 Å². The second-order valence-electron chi connectivity index (χ2n) is 2.48. The Hall–Kier alpha value is -1.34. The predicted octanol–water partition coefficient (Wildman–Crippen LogP) is 2.46. The first-order chi connectivity index (χ1) is 5.84. The van der Waals surface area contributed by atoms with Gasteiger partial charge < -0.3 is 5.11 Å². The minimum absolute atomic E-state index is 0.524. The number of rotatable bonds is 3. The molecule has 0 aromatic heterocycles. The summed E-state index contributed by atoms with van der Waals surface area (Å²) in [6.07, 6.45) is 4.55. The molecule has 1 aromatic carbocycles. The topological polar surface area (TPSA) is 20.2 Å². The highest BCUT2D eigenvalue weighted by molar-refractivity contribution is 5.21. The van der Waals surface area contributed by atoms with Crippen molar-refractivity contribution in [3.63, 3.8) is 0 Å². The maximum absolute atomic E-state index is 9.52. The van der Waals surface area contributed by atoms with Gasteiger partial charge in [0.1, 0.15) is 0 Å². The second-order valence-corrected chi connectivity index (χ2v) is 2.48. The van der Waals surface area contributed by atoms with Crippen LogP contribution in [0.25, 0.3) is 0 Å². The van der Waals surface area contributed by atoms with Crippen LogP contribution in [0.5, 0.6) is 0 Å². The molecule has 0 amide bonds. The average molecular weight is 160 g/mol. The van der Waals surface area contributed by atoms with Gasteiger partial charge in [0.15, 0.2) is 0 Å². The van der Waals surface area contributed by atoms with Crippen molar-refractivity contribution in [1.29, 1.82) is 0 Å². The lowest BCUT2D eigenvalue weighted by atomic mass is 10.1. The molecule has 0 heterocycles. The van der Waals surface area contributed by atoms with Gasteiger partial charge in [-0.05, 0) is 5.56 Å². The molecule has 1 unspecified atom stereocenters. The van der Waals surface area contributed by atoms with Crippen molar-refractivity contribution in [3.8, 4) is 0 Å². The van der Waals surface area contributed by atoms with Gasteiger partial charge in [0.2, 0.25) is 0 Å². The van der Waals surface area contributed by atoms with Crippen molar-refractivity contribution < 1.29 is 5.11 Å². The Morgan fingerprint density at radius 3 is 2.50 bits per heavy atom. The Labute approximate surface area is 72.7 Å². The molecule has 0 bridgehead atoms. The van der Waals surface area contributed by atoms with Gasteiger partial charge in [-0.2, -0.15) is 0 Å². The van der Waals surface area contributed by atoms with E-state index in [1.165, 1.54) is 0 Å². The third-order valence-corrected chi connectivity index (χ3v) is 1.57. The molecule has 1 nitrogen and oxygen atoms in total. The van der Waals surface area contributed by atoms with Gasteiger partial charge in [-0.3, -0.25) is 0 Å². The minimum atomic E-state index is -0.524. The highest BCUT2D eigenvalue weighted by Gasteiger charge is 1.99. The van der Waals surface area contributed by atoms with Crippen LogP contribution in [0.4, 0.5) is 0 Å². The zero-order valence-electron chi connectivity index (χ0n) is 6.85. The number of benzene rings is 1. The molecule has 0 radical (unpaired) electrons. The number of allylic oxidation sites excluding steroid dienone is 2. The van der Waals surface area contributed by atoms with E-state index in [9.17, 15) is 5.11 Å². The van der Waals surface area contributed by atoms with Crippen molar-refractivity contribution in [2.75, 3.05) is 0 Å². The standard InChI is InChI=1S/C11H12O/c1-2-3-9-11(12)10-7-5-4-6-8-10/h2-9,11-12H,1H2/b9-3+. The lowest BCUT2D eigenvalue weighted by Gasteiger charge is -2.03. The Kier molecular flexibility index (Phi) is 3.30. The van der Waals surface area contributed by atoms with Gasteiger partial charge in [-0.15, -0.1) is 0 Å². The zero-order valence-corrected chi connectivity index (χ0v) is 6.85. The van der Waals surface area contributed by atoms with Crippen molar-refractivity contribution >= 4 is 0 Å². The van der Waals surface area contributed by atoms with Crippen molar-refractivity contribution in [3.05, 3.63) is 60.7 Å². The van der Waals surface area contributed by atoms with Crippen LogP contribution in [0, 0.1) is 0 Å². The first-order valence-electron chi connectivity index (χ1n) is 3.87. The van der Waals surface area contributed by atoms with E-state index >= 15 is 0 Å². The molecule has 0 fully saturated rings. The molecule has 1 rings (SSSR count). The first-order valence-corrected chi connectivity index (χ1v) is 3.87. The Bertz CT molecular complexity index is 262. The quantitative estimate of drug-likeness (QED) is 0.673. The van der Waals surface area contributed by atoms with Crippen LogP contribution in [-0.2, 0) is 0 Å². The largest absolute Gasteiger partial charge is 0.384 e. The predicted molar refractivity (Wildman–Crippen MR) is 50.7 cm³/mol. The van der Waals surface area contributed by atoms with Crippen LogP contribution >= 0.6 is 0 Å². The summed E-state index contributed by atoms with van der Waals surface area (Å²) in [5, 5.41) is 9.52. The smallest absolute Gasteiger partial charge is 0.0974 e. The summed E-state index contributed by atoms with van der Waals surface area (Å²) in [6, 6.07) is 9.50. The van der Waals surface area contributed by atoms with Crippen LogP contribution in [0.3, 0.4) is 0 Å². The maximum Gasteiger partial charge on any atom is 0.0974 e. The van der Waals surface area contributed by atoms with E-state index in [0.29, 0.717) is 0 Å². The fourth-order valence-electron chi connectivity index (χ4n) is 0.945. The van der Waals surface area contributed by atoms with Gasteiger partial charge in [-0.25, -0.2) is 0 Å². The lowest BCUT2D eigenvalue weighted by molar-refractivity contribution is 0.228. The molecule has 0 saturated heterocycles. The van der Waals surface area contributed by atoms with E-state index in [1.807, 2.05) is 30.3 Å². The fourth-order valence-corrected chi connectivity index (χ4v) is 0.945. The van der Waals surface area contributed by atoms with E-state index < -0.39 is 6.10 Å². The fraction of sp³-hybridized carbons (Fsp3) is 0.0909. The van der Waals surface area contributed by atoms with Gasteiger partial charge >= 0.3 is 0 Å². The van der Waals surface area contributed by atoms with Crippen LogP contribution in [0.2, 0.25) is 0 Å². The van der Waals surface area contributed by atoms with Gasteiger partial charge in [0.05, 0.1) is 6.10 Å². The van der Waals surface area contributed by atoms with E-state index in [0.717, 1.165) is 5.56 Å². The summed E-state index contributed by atoms with van der Waals surface area (Å²) >= 11 is 0. The molecule has 0 spiro atoms. The first kappa shape index (κ1) is 8.75. The molecule has 0 aliphatic carbocycles. The van der Waals surface area contributed by atoms with Crippen LogP contribution in [0.1, 0.15) is 11.7 Å². The lowest BCUT2D eigenvalue weighted by Crippen LogP contribution is -1.91. The summed E-state index contributed by atoms with van der Waals surface area (Å²) in [5.41, 5.74) is 0.899. The molecular formula is C11H12O. The van der Waals surface area contributed by atoms with Gasteiger partial charge in [0.25, 0.3) is 0 Å². The zero-order chi connectivity index (χ0) is 8.81. The number of hydrogen-bond acceptors (Lipinski definition) is 1. The molecule has 62 valence electrons. The molecule has 0 aliphatic heterocycles. The van der Waals surface area contributed by atoms with E-state index in [2.05, 4.69) is 6.58 Å². The van der Waals surface area contributed by atoms with E-state index in [1.54, 1.807) is 18.2 Å². The highest BCUT2D eigenvalue weighted by atomic mass is 16.3. The molecule has 0 aliphatic rings. The SMILES string of the molecule is C=C/C=C/C(O)c1ccccc1. The number of aliphatic hydroxyl groups excluding tert-OH is 1. The van der Waals surface area contributed by atoms with Gasteiger partial charge in [0, 0.05) is 0 Å². The minimum Gasteiger partial charge on any atom is -0.384 e. The van der Waals surface area contributed by atoms with Crippen LogP contribution in [0.15, 0.2) is 55.1 Å². The van der Waals surface area contributed by atoms with E-state index in [-0.39, 0.29) is 0 Å². The molecule has 1 aromatic rings. The Balaban J connectivity index is 2.71. The third-order valence-electron chi connectivity index (χ3n) is 1.57. The number of hydrogen-bond donors (Lipinski definition) is 1. The summed E-state index contributed by atoms with van der Waals surface area (Å²) in [7, 11) is 0. The highest BCUT2D eigenvalue weighted by Crippen LogP contribution is 2.12. The normalized spacial score (nSPS) is 13.1. The molecular weight excluding hydrogens is 148 g/mol. The summed E-state index contributed by atoms with van der Waals surface area (Å²) in [4.78, 5) is 0. The number of aliphatic hydroxyl groups is 1. The second kappa shape index (κ2) is 4.52. The summed E-state index contributed by atoms with van der Waals surface area (Å²) < 4.78 is 0. The van der Waals surface area contributed by atoms with Crippen molar-refractivity contribution in [2.45, 2.75) is 6.10 Å². The van der Waals surface area contributed by atoms with Crippen molar-refractivity contribution in [2.24, 2.45) is 0 Å². The molecule has 1 heteroatoms. The summed E-state index contributed by atoms with van der Waals surface area (Å²) in [6.45, 7) is 3.53. The monoisotopic (exact) mass is 160 g/mol. The van der Waals surface area contributed by atoms with E-state index in [4.69, 9.17) is 0 Å². The third kappa shape index (κ3) is 2.36. The van der Waals surface area contributed by atoms with Crippen molar-refractivity contribution in [1.82, 2.24) is 0 Å².